The van der Waals surface area contributed by atoms with E-state index in [4.69, 9.17) is 20.9 Å². The highest BCUT2D eigenvalue weighted by Crippen LogP contribution is 2.48. The number of halogens is 4. The highest BCUT2D eigenvalue weighted by Gasteiger charge is 2.39. The van der Waals surface area contributed by atoms with E-state index in [-0.39, 0.29) is 105 Å². The molecule has 0 bridgehead atoms. The summed E-state index contributed by atoms with van der Waals surface area (Å²) in [5.41, 5.74) is 15.6. The summed E-state index contributed by atoms with van der Waals surface area (Å²) in [5.74, 6) is -2.79. The van der Waals surface area contributed by atoms with Crippen LogP contribution in [0.2, 0.25) is 0 Å². The number of pyridine rings is 2. The predicted octanol–water partition coefficient (Wildman–Crippen LogP) is 9.83. The second-order valence-corrected chi connectivity index (χ2v) is 21.3. The number of nitrogens with two attached hydrogens (primary N) is 2. The summed E-state index contributed by atoms with van der Waals surface area (Å²) in [7, 11) is 0. The van der Waals surface area contributed by atoms with Crippen LogP contribution >= 0.6 is 0 Å². The number of hydrogen-bond acceptors (Lipinski definition) is 13. The van der Waals surface area contributed by atoms with Crippen LogP contribution in [-0.4, -0.2) is 91.4 Å². The number of carbonyl (C=O) groups excluding carboxylic acids is 1. The van der Waals surface area contributed by atoms with Crippen molar-refractivity contribution in [2.75, 3.05) is 60.7 Å². The molecule has 0 saturated carbocycles. The number of rotatable bonds is 7. The van der Waals surface area contributed by atoms with Crippen molar-refractivity contribution in [3.05, 3.63) is 152 Å². The minimum absolute atomic E-state index is 0.00311. The molecule has 4 aliphatic heterocycles. The molecule has 80 heavy (non-hydrogen) atoms. The molecule has 8 heterocycles. The Kier molecular flexibility index (Phi) is 13.8. The third kappa shape index (κ3) is 8.80. The molecular formula is C60H59F4N11O5. The highest BCUT2D eigenvalue weighted by atomic mass is 19.1. The lowest BCUT2D eigenvalue weighted by atomic mass is 9.98. The van der Waals surface area contributed by atoms with Crippen molar-refractivity contribution in [1.82, 2.24) is 34.0 Å². The summed E-state index contributed by atoms with van der Waals surface area (Å²) in [6, 6.07) is 14.4. The first kappa shape index (κ1) is 53.2. The van der Waals surface area contributed by atoms with Gasteiger partial charge < -0.3 is 35.6 Å². The summed E-state index contributed by atoms with van der Waals surface area (Å²) in [6.45, 7) is 17.1. The zero-order valence-electron chi connectivity index (χ0n) is 45.1. The predicted molar refractivity (Wildman–Crippen MR) is 301 cm³/mol. The van der Waals surface area contributed by atoms with Gasteiger partial charge in [0.1, 0.15) is 36.5 Å². The second-order valence-electron chi connectivity index (χ2n) is 21.3. The molecule has 16 nitrogen and oxygen atoms in total. The SMILES string of the molecule is C=CC(=O)N1CCN2c3nc(=O)n(-c4c(C)ccnc4C(C)C)c4cc(-c5c(N)cccc5F)c(F)c(c34)OC[C@H]2C1.Cc1ccnc(C(C)C)c1-n1c(=O)nc2c3c(c(F)c(-c4c(N)cccc4F)cc31)OC[C@H]1CCCCN21. The lowest BCUT2D eigenvalue weighted by molar-refractivity contribution is -0.126. The molecular weight excluding hydrogens is 1030 g/mol. The molecule has 4 aliphatic rings. The number of amides is 1. The van der Waals surface area contributed by atoms with Gasteiger partial charge in [-0.1, -0.05) is 46.4 Å². The average Bonchev–Trinajstić information content (AvgIpc) is 3.85. The molecule has 4 aromatic carbocycles. The first-order valence-corrected chi connectivity index (χ1v) is 26.7. The van der Waals surface area contributed by atoms with Gasteiger partial charge in [0.25, 0.3) is 0 Å². The van der Waals surface area contributed by atoms with E-state index in [0.717, 1.165) is 30.4 Å². The maximum atomic E-state index is 16.5. The molecule has 12 rings (SSSR count). The van der Waals surface area contributed by atoms with Crippen LogP contribution in [0.15, 0.2) is 95.3 Å². The van der Waals surface area contributed by atoms with Crippen LogP contribution in [0.25, 0.3) is 55.4 Å². The van der Waals surface area contributed by atoms with Crippen molar-refractivity contribution in [3.63, 3.8) is 0 Å². The zero-order chi connectivity index (χ0) is 56.6. The number of nitrogen functional groups attached to an aromatic ring is 2. The Bertz CT molecular complexity index is 3950. The second kappa shape index (κ2) is 20.8. The number of aryl methyl sites for hydroxylation is 2. The number of carbonyl (C=O) groups is 1. The fraction of sp³-hybridized carbons (Fsp3) is 0.317. The van der Waals surface area contributed by atoms with E-state index >= 15 is 17.6 Å². The van der Waals surface area contributed by atoms with Crippen LogP contribution in [0.1, 0.15) is 81.3 Å². The molecule has 2 atom stereocenters. The van der Waals surface area contributed by atoms with Gasteiger partial charge in [-0.25, -0.2) is 27.2 Å². The Morgan fingerprint density at radius 3 is 1.61 bits per heavy atom. The molecule has 412 valence electrons. The number of fused-ring (bicyclic) bond motifs is 4. The minimum Gasteiger partial charge on any atom is -0.487 e. The van der Waals surface area contributed by atoms with Gasteiger partial charge in [0.2, 0.25) is 5.91 Å². The fourth-order valence-corrected chi connectivity index (χ4v) is 11.7. The molecule has 20 heteroatoms. The molecule has 4 aromatic heterocycles. The van der Waals surface area contributed by atoms with Crippen molar-refractivity contribution < 1.29 is 31.8 Å². The Balaban J connectivity index is 0.000000170. The number of ether oxygens (including phenoxy) is 2. The standard InChI is InChI=1S/C31H30F2N6O3.C29H29F2N5O2/c1-5-23(40)37-11-12-38-18(14-37)15-42-29-25-22(13-19(26(29)33)24-20(32)7-6-8-21(24)34)39(31(41)36-30(25)38)28-17(4)9-10-35-27(28)16(2)3;1-15(2)25-26(16(3)10-11-33-25)36-21-13-18(22-19(30)8-6-9-20(22)32)24(31)27-23(21)28(34-29(36)37)35-12-5-4-7-17(35)14-38-27/h5-10,13,16,18H,1,11-12,14-15,34H2,2-4H3;6,8-11,13,15,17H,4-5,7,12,14,32H2,1-3H3/t18-;17-/m11/s1. The third-order valence-electron chi connectivity index (χ3n) is 15.6. The molecule has 4 N–H and O–H groups in total. The first-order valence-electron chi connectivity index (χ1n) is 26.7. The van der Waals surface area contributed by atoms with E-state index in [1.165, 1.54) is 63.7 Å². The zero-order valence-corrected chi connectivity index (χ0v) is 45.1. The maximum absolute atomic E-state index is 16.5. The molecule has 1 amide bonds. The van der Waals surface area contributed by atoms with Crippen LogP contribution in [0.3, 0.4) is 0 Å². The Morgan fingerprint density at radius 2 is 1.15 bits per heavy atom. The quantitative estimate of drug-likeness (QED) is 0.0871. The van der Waals surface area contributed by atoms with Gasteiger partial charge in [-0.3, -0.25) is 23.9 Å². The lowest BCUT2D eigenvalue weighted by Crippen LogP contribution is -2.56. The Labute approximate surface area is 457 Å². The van der Waals surface area contributed by atoms with E-state index < -0.39 is 40.7 Å². The van der Waals surface area contributed by atoms with Crippen LogP contribution in [0.5, 0.6) is 11.5 Å². The lowest BCUT2D eigenvalue weighted by Gasteiger charge is -2.40. The minimum atomic E-state index is -0.821. The number of nitrogens with zero attached hydrogens (tertiary/aromatic N) is 9. The van der Waals surface area contributed by atoms with Gasteiger partial charge >= 0.3 is 11.4 Å². The molecule has 0 unspecified atom stereocenters. The van der Waals surface area contributed by atoms with Gasteiger partial charge in [0.15, 0.2) is 23.1 Å². The summed E-state index contributed by atoms with van der Waals surface area (Å²) in [6.07, 6.45) is 7.40. The van der Waals surface area contributed by atoms with Crippen LogP contribution in [-0.2, 0) is 4.79 Å². The maximum Gasteiger partial charge on any atom is 0.354 e. The van der Waals surface area contributed by atoms with Gasteiger partial charge in [-0.15, -0.1) is 0 Å². The molecule has 0 aliphatic carbocycles. The van der Waals surface area contributed by atoms with Crippen molar-refractivity contribution in [3.8, 4) is 45.1 Å². The van der Waals surface area contributed by atoms with Gasteiger partial charge in [0, 0.05) is 72.2 Å². The van der Waals surface area contributed by atoms with Gasteiger partial charge in [-0.05, 0) is 111 Å². The van der Waals surface area contributed by atoms with Gasteiger partial charge in [-0.2, -0.15) is 9.97 Å². The van der Waals surface area contributed by atoms with Crippen molar-refractivity contribution in [2.45, 2.75) is 84.7 Å². The largest absolute Gasteiger partial charge is 0.487 e. The summed E-state index contributed by atoms with van der Waals surface area (Å²) < 4.78 is 78.4. The van der Waals surface area contributed by atoms with E-state index in [1.807, 2.05) is 52.5 Å². The normalized spacial score (nSPS) is 16.6. The number of benzene rings is 4. The first-order chi connectivity index (χ1) is 38.4. The van der Waals surface area contributed by atoms with E-state index in [1.54, 1.807) is 23.4 Å². The number of piperidine rings is 1. The summed E-state index contributed by atoms with van der Waals surface area (Å²) >= 11 is 0. The Hall–Kier alpha value is -8.81. The molecule has 8 aromatic rings. The molecule has 0 spiro atoms. The fourth-order valence-electron chi connectivity index (χ4n) is 11.7. The Morgan fingerprint density at radius 1 is 0.675 bits per heavy atom. The van der Waals surface area contributed by atoms with Crippen molar-refractivity contribution in [2.24, 2.45) is 0 Å². The number of aromatic nitrogens is 6. The van der Waals surface area contributed by atoms with E-state index in [0.29, 0.717) is 59.1 Å². The number of piperazine rings is 1. The van der Waals surface area contributed by atoms with Crippen LogP contribution in [0.4, 0.5) is 40.6 Å². The van der Waals surface area contributed by atoms with Crippen LogP contribution < -0.4 is 42.1 Å². The number of anilines is 4. The monoisotopic (exact) mass is 1090 g/mol. The van der Waals surface area contributed by atoms with Crippen molar-refractivity contribution >= 4 is 50.7 Å². The van der Waals surface area contributed by atoms with E-state index in [2.05, 4.69) is 31.4 Å². The molecule has 2 fully saturated rings. The summed E-state index contributed by atoms with van der Waals surface area (Å²) in [5, 5.41) is 0.665. The number of hydrogen-bond donors (Lipinski definition) is 2. The topological polar surface area (TPSA) is 193 Å². The molecule has 0 radical (unpaired) electrons. The average molecular weight is 1090 g/mol. The molecule has 2 saturated heterocycles. The summed E-state index contributed by atoms with van der Waals surface area (Å²) in [4.78, 5) is 64.1. The highest BCUT2D eigenvalue weighted by molar-refractivity contribution is 6.02. The smallest absolute Gasteiger partial charge is 0.354 e. The van der Waals surface area contributed by atoms with Crippen molar-refractivity contribution in [1.29, 1.82) is 0 Å². The third-order valence-corrected chi connectivity index (χ3v) is 15.6. The van der Waals surface area contributed by atoms with Gasteiger partial charge in [0.05, 0.1) is 56.7 Å². The van der Waals surface area contributed by atoms with Crippen LogP contribution in [0, 0.1) is 37.1 Å². The van der Waals surface area contributed by atoms with E-state index in [9.17, 15) is 14.4 Å².